The van der Waals surface area contributed by atoms with Crippen LogP contribution in [0.2, 0.25) is 0 Å². The lowest BCUT2D eigenvalue weighted by Crippen LogP contribution is -2.43. The van der Waals surface area contributed by atoms with Crippen LogP contribution in [-0.4, -0.2) is 60.2 Å². The summed E-state index contributed by atoms with van der Waals surface area (Å²) in [7, 11) is 0. The monoisotopic (exact) mass is 452 g/mol. The van der Waals surface area contributed by atoms with Gasteiger partial charge in [-0.1, -0.05) is 30.4 Å². The Bertz CT molecular complexity index is 1210. The molecule has 31 heavy (non-hydrogen) atoms. The first-order valence-corrected chi connectivity index (χ1v) is 12.3. The minimum Gasteiger partial charge on any atom is -0.379 e. The molecule has 4 aromatic rings. The summed E-state index contributed by atoms with van der Waals surface area (Å²) in [5, 5.41) is 0.763. The van der Waals surface area contributed by atoms with E-state index in [0.29, 0.717) is 12.1 Å². The van der Waals surface area contributed by atoms with E-state index >= 15 is 0 Å². The SMILES string of the molecule is CCc1cccc2sc(N(CCN3CCOCC3)C(=O)c3ccc4ncsc4c3)nc12. The van der Waals surface area contributed by atoms with Gasteiger partial charge in [-0.25, -0.2) is 9.97 Å². The molecule has 1 amide bonds. The predicted octanol–water partition coefficient (Wildman–Crippen LogP) is 4.45. The molecule has 0 radical (unpaired) electrons. The Morgan fingerprint density at radius 2 is 2.06 bits per heavy atom. The van der Waals surface area contributed by atoms with Crippen LogP contribution in [0.1, 0.15) is 22.8 Å². The molecular formula is C23H24N4O2S2. The van der Waals surface area contributed by atoms with Crippen molar-refractivity contribution in [1.82, 2.24) is 14.9 Å². The zero-order chi connectivity index (χ0) is 21.2. The van der Waals surface area contributed by atoms with Crippen LogP contribution in [0.15, 0.2) is 41.9 Å². The van der Waals surface area contributed by atoms with Crippen molar-refractivity contribution >= 4 is 54.1 Å². The number of benzene rings is 2. The average Bonchev–Trinajstić information content (AvgIpc) is 3.46. The molecule has 8 heteroatoms. The zero-order valence-corrected chi connectivity index (χ0v) is 19.0. The van der Waals surface area contributed by atoms with Gasteiger partial charge in [0.15, 0.2) is 5.13 Å². The highest BCUT2D eigenvalue weighted by molar-refractivity contribution is 7.22. The maximum atomic E-state index is 13.6. The van der Waals surface area contributed by atoms with Crippen LogP contribution in [0.4, 0.5) is 5.13 Å². The lowest BCUT2D eigenvalue weighted by atomic mass is 10.1. The number of hydrogen-bond acceptors (Lipinski definition) is 7. The molecule has 1 aliphatic rings. The number of morpholine rings is 1. The Labute approximate surface area is 189 Å². The predicted molar refractivity (Wildman–Crippen MR) is 128 cm³/mol. The number of para-hydroxylation sites is 1. The van der Waals surface area contributed by atoms with Gasteiger partial charge in [0.1, 0.15) is 0 Å². The van der Waals surface area contributed by atoms with E-state index < -0.39 is 0 Å². The van der Waals surface area contributed by atoms with Crippen molar-refractivity contribution in [2.75, 3.05) is 44.3 Å². The number of amides is 1. The van der Waals surface area contributed by atoms with Crippen molar-refractivity contribution in [2.45, 2.75) is 13.3 Å². The third-order valence-electron chi connectivity index (χ3n) is 5.67. The highest BCUT2D eigenvalue weighted by Gasteiger charge is 2.23. The van der Waals surface area contributed by atoms with E-state index in [1.807, 2.05) is 28.6 Å². The molecule has 5 rings (SSSR count). The van der Waals surface area contributed by atoms with Gasteiger partial charge in [0.25, 0.3) is 5.91 Å². The van der Waals surface area contributed by atoms with Gasteiger partial charge in [0.2, 0.25) is 0 Å². The quantitative estimate of drug-likeness (QED) is 0.433. The largest absolute Gasteiger partial charge is 0.379 e. The van der Waals surface area contributed by atoms with Crippen molar-refractivity contribution in [3.05, 3.63) is 53.0 Å². The fraction of sp³-hybridized carbons (Fsp3) is 0.348. The van der Waals surface area contributed by atoms with Gasteiger partial charge in [-0.05, 0) is 36.2 Å². The second kappa shape index (κ2) is 9.00. The average molecular weight is 453 g/mol. The fourth-order valence-corrected chi connectivity index (χ4v) is 5.64. The molecule has 0 atom stereocenters. The summed E-state index contributed by atoms with van der Waals surface area (Å²) in [5.74, 6) is -0.0133. The number of hydrogen-bond donors (Lipinski definition) is 0. The summed E-state index contributed by atoms with van der Waals surface area (Å²) in [4.78, 5) is 27.1. The molecule has 0 aliphatic carbocycles. The number of aromatic nitrogens is 2. The number of ether oxygens (including phenoxy) is 1. The Kier molecular flexibility index (Phi) is 5.95. The van der Waals surface area contributed by atoms with E-state index in [2.05, 4.69) is 35.0 Å². The molecule has 6 nitrogen and oxygen atoms in total. The van der Waals surface area contributed by atoms with E-state index in [0.717, 1.165) is 64.8 Å². The molecule has 2 aromatic carbocycles. The number of thiazole rings is 2. The lowest BCUT2D eigenvalue weighted by Gasteiger charge is -2.29. The van der Waals surface area contributed by atoms with E-state index in [1.165, 1.54) is 5.56 Å². The minimum atomic E-state index is -0.0133. The molecule has 1 saturated heterocycles. The van der Waals surface area contributed by atoms with Crippen LogP contribution in [-0.2, 0) is 11.2 Å². The molecule has 0 spiro atoms. The summed E-state index contributed by atoms with van der Waals surface area (Å²) in [5.41, 5.74) is 5.64. The molecule has 1 fully saturated rings. The van der Waals surface area contributed by atoms with E-state index in [4.69, 9.17) is 9.72 Å². The normalized spacial score (nSPS) is 15.0. The first-order chi connectivity index (χ1) is 15.2. The Hall–Kier alpha value is -2.39. The topological polar surface area (TPSA) is 58.6 Å². The second-order valence-corrected chi connectivity index (χ2v) is 9.45. The maximum Gasteiger partial charge on any atom is 0.260 e. The smallest absolute Gasteiger partial charge is 0.260 e. The number of nitrogens with zero attached hydrogens (tertiary/aromatic N) is 4. The second-order valence-electron chi connectivity index (χ2n) is 7.56. The van der Waals surface area contributed by atoms with Gasteiger partial charge in [-0.2, -0.15) is 0 Å². The van der Waals surface area contributed by atoms with Crippen molar-refractivity contribution < 1.29 is 9.53 Å². The van der Waals surface area contributed by atoms with Gasteiger partial charge < -0.3 is 4.74 Å². The molecule has 2 aromatic heterocycles. The number of aryl methyl sites for hydroxylation is 1. The van der Waals surface area contributed by atoms with Gasteiger partial charge >= 0.3 is 0 Å². The first kappa shape index (κ1) is 20.5. The summed E-state index contributed by atoms with van der Waals surface area (Å²) in [6, 6.07) is 12.0. The van der Waals surface area contributed by atoms with Crippen molar-refractivity contribution in [2.24, 2.45) is 0 Å². The molecule has 3 heterocycles. The lowest BCUT2D eigenvalue weighted by molar-refractivity contribution is 0.0391. The summed E-state index contributed by atoms with van der Waals surface area (Å²) in [6.45, 7) is 6.83. The number of rotatable bonds is 6. The van der Waals surface area contributed by atoms with Crippen molar-refractivity contribution in [1.29, 1.82) is 0 Å². The maximum absolute atomic E-state index is 13.6. The van der Waals surface area contributed by atoms with E-state index in [1.54, 1.807) is 22.7 Å². The number of carbonyl (C=O) groups is 1. The van der Waals surface area contributed by atoms with Crippen LogP contribution in [0.5, 0.6) is 0 Å². The van der Waals surface area contributed by atoms with Crippen LogP contribution in [0.3, 0.4) is 0 Å². The number of carbonyl (C=O) groups excluding carboxylic acids is 1. The van der Waals surface area contributed by atoms with Gasteiger partial charge in [0, 0.05) is 31.7 Å². The number of anilines is 1. The van der Waals surface area contributed by atoms with E-state index in [9.17, 15) is 4.79 Å². The molecular weight excluding hydrogens is 428 g/mol. The molecule has 0 unspecified atom stereocenters. The Balaban J connectivity index is 1.49. The standard InChI is InChI=1S/C23H24N4O2S2/c1-2-16-4-3-5-19-21(16)25-23(31-19)27(9-8-26-10-12-29-13-11-26)22(28)17-6-7-18-20(14-17)30-15-24-18/h3-7,14-15H,2,8-13H2,1H3. The third-order valence-corrected chi connectivity index (χ3v) is 7.51. The highest BCUT2D eigenvalue weighted by atomic mass is 32.1. The Morgan fingerprint density at radius 3 is 2.90 bits per heavy atom. The molecule has 160 valence electrons. The van der Waals surface area contributed by atoms with E-state index in [-0.39, 0.29) is 5.91 Å². The zero-order valence-electron chi connectivity index (χ0n) is 17.4. The van der Waals surface area contributed by atoms with Crippen LogP contribution >= 0.6 is 22.7 Å². The first-order valence-electron chi connectivity index (χ1n) is 10.6. The Morgan fingerprint density at radius 1 is 1.19 bits per heavy atom. The summed E-state index contributed by atoms with van der Waals surface area (Å²) >= 11 is 3.15. The van der Waals surface area contributed by atoms with Crippen LogP contribution < -0.4 is 4.90 Å². The van der Waals surface area contributed by atoms with Gasteiger partial charge in [0.05, 0.1) is 39.2 Å². The van der Waals surface area contributed by atoms with Crippen LogP contribution in [0, 0.1) is 0 Å². The molecule has 0 saturated carbocycles. The molecule has 0 bridgehead atoms. The van der Waals surface area contributed by atoms with Gasteiger partial charge in [-0.3, -0.25) is 14.6 Å². The molecule has 1 aliphatic heterocycles. The summed E-state index contributed by atoms with van der Waals surface area (Å²) in [6.07, 6.45) is 0.921. The third kappa shape index (κ3) is 4.21. The van der Waals surface area contributed by atoms with Crippen LogP contribution in [0.25, 0.3) is 20.4 Å². The fourth-order valence-electron chi connectivity index (χ4n) is 3.89. The summed E-state index contributed by atoms with van der Waals surface area (Å²) < 4.78 is 7.62. The molecule has 0 N–H and O–H groups in total. The van der Waals surface area contributed by atoms with Crippen molar-refractivity contribution in [3.8, 4) is 0 Å². The minimum absolute atomic E-state index is 0.0133. The van der Waals surface area contributed by atoms with Crippen molar-refractivity contribution in [3.63, 3.8) is 0 Å². The highest BCUT2D eigenvalue weighted by Crippen LogP contribution is 2.32. The van der Waals surface area contributed by atoms with Gasteiger partial charge in [-0.15, -0.1) is 11.3 Å². The number of fused-ring (bicyclic) bond motifs is 2.